The molecule has 0 bridgehead atoms. The lowest BCUT2D eigenvalue weighted by molar-refractivity contribution is -0.116. The van der Waals surface area contributed by atoms with Crippen LogP contribution in [0.15, 0.2) is 24.5 Å². The van der Waals surface area contributed by atoms with Crippen molar-refractivity contribution in [3.05, 3.63) is 30.2 Å². The summed E-state index contributed by atoms with van der Waals surface area (Å²) in [7, 11) is 1.79. The number of aromatic nitrogens is 4. The Morgan fingerprint density at radius 2 is 2.28 bits per heavy atom. The van der Waals surface area contributed by atoms with Gasteiger partial charge in [-0.1, -0.05) is 0 Å². The van der Waals surface area contributed by atoms with Gasteiger partial charge in [0.1, 0.15) is 5.82 Å². The zero-order valence-corrected chi connectivity index (χ0v) is 9.97. The van der Waals surface area contributed by atoms with Crippen LogP contribution in [0.25, 0.3) is 0 Å². The van der Waals surface area contributed by atoms with Crippen LogP contribution < -0.4 is 10.6 Å². The van der Waals surface area contributed by atoms with E-state index in [1.54, 1.807) is 31.6 Å². The molecule has 18 heavy (non-hydrogen) atoms. The van der Waals surface area contributed by atoms with Crippen LogP contribution in [0.2, 0.25) is 0 Å². The fourth-order valence-electron chi connectivity index (χ4n) is 1.43. The van der Waals surface area contributed by atoms with Crippen LogP contribution in [-0.4, -0.2) is 33.3 Å². The highest BCUT2D eigenvalue weighted by molar-refractivity contribution is 5.90. The molecule has 2 rings (SSSR count). The maximum Gasteiger partial charge on any atom is 0.224 e. The van der Waals surface area contributed by atoms with Gasteiger partial charge in [-0.25, -0.2) is 4.98 Å². The topological polar surface area (TPSA) is 95.6 Å². The second kappa shape index (κ2) is 5.76. The number of hydrogen-bond donors (Lipinski definition) is 3. The van der Waals surface area contributed by atoms with E-state index in [2.05, 4.69) is 31.0 Å². The van der Waals surface area contributed by atoms with Gasteiger partial charge in [0.05, 0.1) is 23.8 Å². The van der Waals surface area contributed by atoms with Gasteiger partial charge < -0.3 is 10.6 Å². The first-order valence-corrected chi connectivity index (χ1v) is 5.56. The minimum Gasteiger partial charge on any atom is -0.373 e. The minimum absolute atomic E-state index is 0.0722. The Morgan fingerprint density at radius 3 is 2.89 bits per heavy atom. The lowest BCUT2D eigenvalue weighted by Gasteiger charge is -2.05. The van der Waals surface area contributed by atoms with Crippen molar-refractivity contribution in [3.63, 3.8) is 0 Å². The third-order valence-electron chi connectivity index (χ3n) is 2.38. The standard InChI is InChI=1S/C11H14N6O/c1-12-10-4-2-8(6-13-10)15-11(18)5-3-9-7-14-17-16-9/h2,4,6-7H,3,5H2,1H3,(H,12,13)(H,15,18)(H,14,16,17). The van der Waals surface area contributed by atoms with E-state index in [-0.39, 0.29) is 5.91 Å². The molecule has 0 saturated heterocycles. The summed E-state index contributed by atoms with van der Waals surface area (Å²) >= 11 is 0. The van der Waals surface area contributed by atoms with Gasteiger partial charge in [-0.2, -0.15) is 15.4 Å². The van der Waals surface area contributed by atoms with Crippen LogP contribution in [0.3, 0.4) is 0 Å². The summed E-state index contributed by atoms with van der Waals surface area (Å²) in [5, 5.41) is 15.7. The van der Waals surface area contributed by atoms with E-state index in [0.717, 1.165) is 11.5 Å². The first kappa shape index (κ1) is 12.0. The highest BCUT2D eigenvalue weighted by Gasteiger charge is 2.04. The molecular weight excluding hydrogens is 232 g/mol. The summed E-state index contributed by atoms with van der Waals surface area (Å²) in [6, 6.07) is 3.60. The van der Waals surface area contributed by atoms with E-state index in [9.17, 15) is 4.79 Å². The lowest BCUT2D eigenvalue weighted by atomic mass is 10.2. The predicted octanol–water partition coefficient (Wildman–Crippen LogP) is 0.813. The summed E-state index contributed by atoms with van der Waals surface area (Å²) in [6.07, 6.45) is 4.14. The number of rotatable bonds is 5. The predicted molar refractivity (Wildman–Crippen MR) is 67.1 cm³/mol. The molecule has 0 unspecified atom stereocenters. The first-order chi connectivity index (χ1) is 8.78. The van der Waals surface area contributed by atoms with Crippen molar-refractivity contribution in [2.24, 2.45) is 0 Å². The second-order valence-electron chi connectivity index (χ2n) is 3.69. The number of pyridine rings is 1. The molecule has 0 aromatic carbocycles. The quantitative estimate of drug-likeness (QED) is 0.725. The van der Waals surface area contributed by atoms with Crippen molar-refractivity contribution >= 4 is 17.4 Å². The van der Waals surface area contributed by atoms with Gasteiger partial charge in [0.25, 0.3) is 0 Å². The number of nitrogens with zero attached hydrogens (tertiary/aromatic N) is 3. The normalized spacial score (nSPS) is 10.1. The highest BCUT2D eigenvalue weighted by Crippen LogP contribution is 2.09. The fraction of sp³-hybridized carbons (Fsp3) is 0.273. The van der Waals surface area contributed by atoms with Gasteiger partial charge in [-0.05, 0) is 12.1 Å². The average molecular weight is 246 g/mol. The van der Waals surface area contributed by atoms with Gasteiger partial charge in [0.2, 0.25) is 5.91 Å². The molecule has 7 heteroatoms. The number of carbonyl (C=O) groups excluding carboxylic acids is 1. The van der Waals surface area contributed by atoms with Crippen LogP contribution in [-0.2, 0) is 11.2 Å². The van der Waals surface area contributed by atoms with Crippen LogP contribution in [0, 0.1) is 0 Å². The maximum atomic E-state index is 11.6. The van der Waals surface area contributed by atoms with Crippen LogP contribution >= 0.6 is 0 Å². The number of aryl methyl sites for hydroxylation is 1. The third kappa shape index (κ3) is 3.27. The molecule has 3 N–H and O–H groups in total. The summed E-state index contributed by atoms with van der Waals surface area (Å²) in [6.45, 7) is 0. The van der Waals surface area contributed by atoms with E-state index in [0.29, 0.717) is 18.5 Å². The van der Waals surface area contributed by atoms with Crippen molar-refractivity contribution in [1.82, 2.24) is 20.4 Å². The summed E-state index contributed by atoms with van der Waals surface area (Å²) in [4.78, 5) is 15.8. The van der Waals surface area contributed by atoms with Crippen molar-refractivity contribution < 1.29 is 4.79 Å². The van der Waals surface area contributed by atoms with Crippen molar-refractivity contribution in [2.75, 3.05) is 17.7 Å². The van der Waals surface area contributed by atoms with Gasteiger partial charge in [-0.15, -0.1) is 0 Å². The molecule has 2 aromatic heterocycles. The number of aromatic amines is 1. The van der Waals surface area contributed by atoms with Gasteiger partial charge in [0, 0.05) is 19.9 Å². The zero-order valence-electron chi connectivity index (χ0n) is 9.97. The molecule has 0 fully saturated rings. The molecule has 2 heterocycles. The van der Waals surface area contributed by atoms with Crippen molar-refractivity contribution in [2.45, 2.75) is 12.8 Å². The SMILES string of the molecule is CNc1ccc(NC(=O)CCc2cn[nH]n2)cn1. The third-order valence-corrected chi connectivity index (χ3v) is 2.38. The minimum atomic E-state index is -0.0722. The molecule has 0 aliphatic heterocycles. The Morgan fingerprint density at radius 1 is 1.39 bits per heavy atom. The van der Waals surface area contributed by atoms with E-state index < -0.39 is 0 Å². The summed E-state index contributed by atoms with van der Waals surface area (Å²) < 4.78 is 0. The Labute approximate surface area is 104 Å². The van der Waals surface area contributed by atoms with Crippen molar-refractivity contribution in [3.8, 4) is 0 Å². The van der Waals surface area contributed by atoms with Crippen LogP contribution in [0.5, 0.6) is 0 Å². The van der Waals surface area contributed by atoms with E-state index >= 15 is 0 Å². The molecule has 7 nitrogen and oxygen atoms in total. The number of anilines is 2. The highest BCUT2D eigenvalue weighted by atomic mass is 16.1. The number of hydrogen-bond acceptors (Lipinski definition) is 5. The fourth-order valence-corrected chi connectivity index (χ4v) is 1.43. The zero-order chi connectivity index (χ0) is 12.8. The first-order valence-electron chi connectivity index (χ1n) is 5.56. The lowest BCUT2D eigenvalue weighted by Crippen LogP contribution is -2.12. The Bertz CT molecular complexity index is 493. The second-order valence-corrected chi connectivity index (χ2v) is 3.69. The molecule has 1 amide bonds. The average Bonchev–Trinajstić information content (AvgIpc) is 2.90. The Hall–Kier alpha value is -2.44. The molecule has 2 aromatic rings. The van der Waals surface area contributed by atoms with Crippen LogP contribution in [0.4, 0.5) is 11.5 Å². The number of carbonyl (C=O) groups is 1. The van der Waals surface area contributed by atoms with Crippen LogP contribution in [0.1, 0.15) is 12.1 Å². The number of H-pyrrole nitrogens is 1. The van der Waals surface area contributed by atoms with Gasteiger partial charge >= 0.3 is 0 Å². The van der Waals surface area contributed by atoms with Gasteiger partial charge in [-0.3, -0.25) is 4.79 Å². The number of amides is 1. The largest absolute Gasteiger partial charge is 0.373 e. The monoisotopic (exact) mass is 246 g/mol. The number of nitrogens with one attached hydrogen (secondary N) is 3. The van der Waals surface area contributed by atoms with Gasteiger partial charge in [0.15, 0.2) is 0 Å². The molecular formula is C11H14N6O. The molecule has 94 valence electrons. The van der Waals surface area contributed by atoms with E-state index in [1.165, 1.54) is 0 Å². The molecule has 0 atom stereocenters. The van der Waals surface area contributed by atoms with E-state index in [4.69, 9.17) is 0 Å². The molecule has 0 aliphatic carbocycles. The maximum absolute atomic E-state index is 11.6. The Balaban J connectivity index is 1.83. The molecule has 0 aliphatic rings. The van der Waals surface area contributed by atoms with E-state index in [1.807, 2.05) is 0 Å². The molecule has 0 radical (unpaired) electrons. The molecule has 0 saturated carbocycles. The van der Waals surface area contributed by atoms with Crippen molar-refractivity contribution in [1.29, 1.82) is 0 Å². The summed E-state index contributed by atoms with van der Waals surface area (Å²) in [5.41, 5.74) is 1.45. The Kier molecular flexibility index (Phi) is 3.85. The smallest absolute Gasteiger partial charge is 0.224 e. The molecule has 0 spiro atoms. The summed E-state index contributed by atoms with van der Waals surface area (Å²) in [5.74, 6) is 0.688.